The second-order valence-electron chi connectivity index (χ2n) is 6.07. The summed E-state index contributed by atoms with van der Waals surface area (Å²) in [5, 5.41) is 11.9. The average Bonchev–Trinajstić information content (AvgIpc) is 2.94. The van der Waals surface area contributed by atoms with Gasteiger partial charge in [0.05, 0.1) is 5.92 Å². The largest absolute Gasteiger partial charge is 0.481 e. The summed E-state index contributed by atoms with van der Waals surface area (Å²) in [7, 11) is 0. The summed E-state index contributed by atoms with van der Waals surface area (Å²) in [6.45, 7) is 3.04. The van der Waals surface area contributed by atoms with Crippen molar-refractivity contribution in [3.8, 4) is 0 Å². The van der Waals surface area contributed by atoms with E-state index in [1.54, 1.807) is 0 Å². The quantitative estimate of drug-likeness (QED) is 0.805. The Morgan fingerprint density at radius 1 is 1.11 bits per heavy atom. The lowest BCUT2D eigenvalue weighted by atomic mass is 10.0. The first-order valence-electron chi connectivity index (χ1n) is 7.06. The molecule has 0 heterocycles. The van der Waals surface area contributed by atoms with E-state index >= 15 is 0 Å². The van der Waals surface area contributed by atoms with E-state index in [4.69, 9.17) is 5.11 Å². The van der Waals surface area contributed by atoms with Crippen molar-refractivity contribution in [3.63, 3.8) is 0 Å². The Kier molecular flexibility index (Phi) is 4.25. The zero-order chi connectivity index (χ0) is 13.1. The zero-order valence-corrected chi connectivity index (χ0v) is 11.0. The van der Waals surface area contributed by atoms with Gasteiger partial charge in [-0.1, -0.05) is 13.3 Å². The second-order valence-corrected chi connectivity index (χ2v) is 6.07. The highest BCUT2D eigenvalue weighted by Gasteiger charge is 2.34. The molecule has 4 nitrogen and oxygen atoms in total. The molecule has 0 bridgehead atoms. The molecular formula is C14H23NO3. The first-order valence-corrected chi connectivity index (χ1v) is 7.06. The molecule has 2 fully saturated rings. The maximum absolute atomic E-state index is 11.9. The van der Waals surface area contributed by atoms with E-state index in [-0.39, 0.29) is 17.7 Å². The van der Waals surface area contributed by atoms with Crippen LogP contribution in [0.3, 0.4) is 0 Å². The van der Waals surface area contributed by atoms with Gasteiger partial charge in [0.1, 0.15) is 0 Å². The lowest BCUT2D eigenvalue weighted by Gasteiger charge is -2.14. The van der Waals surface area contributed by atoms with Crippen LogP contribution >= 0.6 is 0 Å². The normalized spacial score (nSPS) is 35.6. The van der Waals surface area contributed by atoms with Crippen molar-refractivity contribution in [1.29, 1.82) is 0 Å². The Morgan fingerprint density at radius 2 is 1.83 bits per heavy atom. The minimum Gasteiger partial charge on any atom is -0.481 e. The molecule has 102 valence electrons. The number of hydrogen-bond acceptors (Lipinski definition) is 2. The van der Waals surface area contributed by atoms with E-state index in [0.29, 0.717) is 18.8 Å². The van der Waals surface area contributed by atoms with Crippen LogP contribution in [0.5, 0.6) is 0 Å². The van der Waals surface area contributed by atoms with Gasteiger partial charge in [-0.3, -0.25) is 9.59 Å². The van der Waals surface area contributed by atoms with Crippen LogP contribution in [0, 0.1) is 23.7 Å². The van der Waals surface area contributed by atoms with E-state index in [2.05, 4.69) is 12.2 Å². The van der Waals surface area contributed by atoms with Crippen molar-refractivity contribution < 1.29 is 14.7 Å². The van der Waals surface area contributed by atoms with Crippen LogP contribution in [0.25, 0.3) is 0 Å². The Hall–Kier alpha value is -1.06. The van der Waals surface area contributed by atoms with Gasteiger partial charge < -0.3 is 10.4 Å². The Bertz CT molecular complexity index is 329. The fraction of sp³-hybridized carbons (Fsp3) is 0.857. The van der Waals surface area contributed by atoms with Crippen molar-refractivity contribution in [1.82, 2.24) is 5.32 Å². The summed E-state index contributed by atoms with van der Waals surface area (Å²) in [5.74, 6) is 0.334. The van der Waals surface area contributed by atoms with Gasteiger partial charge in [-0.15, -0.1) is 0 Å². The minimum absolute atomic E-state index is 0.0679. The Morgan fingerprint density at radius 3 is 2.39 bits per heavy atom. The molecule has 4 heteroatoms. The lowest BCUT2D eigenvalue weighted by Crippen LogP contribution is -2.33. The van der Waals surface area contributed by atoms with Gasteiger partial charge in [0.25, 0.3) is 0 Å². The summed E-state index contributed by atoms with van der Waals surface area (Å²) in [4.78, 5) is 22.8. The van der Waals surface area contributed by atoms with Crippen LogP contribution < -0.4 is 5.32 Å². The van der Waals surface area contributed by atoms with E-state index in [1.807, 2.05) is 0 Å². The van der Waals surface area contributed by atoms with Crippen molar-refractivity contribution >= 4 is 11.9 Å². The Balaban J connectivity index is 1.71. The minimum atomic E-state index is -0.755. The predicted molar refractivity (Wildman–Crippen MR) is 68.0 cm³/mol. The first kappa shape index (κ1) is 13.4. The van der Waals surface area contributed by atoms with Crippen molar-refractivity contribution in [2.75, 3.05) is 6.54 Å². The SMILES string of the molecule is CC1CCC(CNC(=O)[C@@H]2CC[C@H](C(=O)O)C2)C1. The summed E-state index contributed by atoms with van der Waals surface area (Å²) >= 11 is 0. The first-order chi connectivity index (χ1) is 8.56. The fourth-order valence-electron chi connectivity index (χ4n) is 3.34. The lowest BCUT2D eigenvalue weighted by molar-refractivity contribution is -0.141. The van der Waals surface area contributed by atoms with Crippen molar-refractivity contribution in [2.24, 2.45) is 23.7 Å². The molecule has 18 heavy (non-hydrogen) atoms. The molecule has 2 unspecified atom stereocenters. The molecule has 0 aromatic rings. The third-order valence-corrected chi connectivity index (χ3v) is 4.52. The van der Waals surface area contributed by atoms with E-state index in [0.717, 1.165) is 18.9 Å². The number of nitrogens with one attached hydrogen (secondary N) is 1. The van der Waals surface area contributed by atoms with E-state index in [9.17, 15) is 9.59 Å². The van der Waals surface area contributed by atoms with Gasteiger partial charge >= 0.3 is 5.97 Å². The number of carbonyl (C=O) groups excluding carboxylic acids is 1. The standard InChI is InChI=1S/C14H23NO3/c1-9-2-3-10(6-9)8-15-13(16)11-4-5-12(7-11)14(17)18/h9-12H,2-8H2,1H3,(H,15,16)(H,17,18)/t9?,10?,11-,12+/m1/s1. The summed E-state index contributed by atoms with van der Waals surface area (Å²) in [5.41, 5.74) is 0. The van der Waals surface area contributed by atoms with Crippen LogP contribution in [0.2, 0.25) is 0 Å². The average molecular weight is 253 g/mol. The number of carbonyl (C=O) groups is 2. The van der Waals surface area contributed by atoms with Crippen LogP contribution in [0.4, 0.5) is 0 Å². The van der Waals surface area contributed by atoms with E-state index in [1.165, 1.54) is 19.3 Å². The highest BCUT2D eigenvalue weighted by Crippen LogP contribution is 2.32. The number of hydrogen-bond donors (Lipinski definition) is 2. The number of aliphatic carboxylic acids is 1. The molecule has 0 aliphatic heterocycles. The summed E-state index contributed by atoms with van der Waals surface area (Å²) < 4.78 is 0. The molecule has 0 saturated heterocycles. The highest BCUT2D eigenvalue weighted by atomic mass is 16.4. The predicted octanol–water partition coefficient (Wildman–Crippen LogP) is 2.04. The van der Waals surface area contributed by atoms with Crippen molar-refractivity contribution in [2.45, 2.75) is 45.4 Å². The fourth-order valence-corrected chi connectivity index (χ4v) is 3.34. The van der Waals surface area contributed by atoms with Gasteiger partial charge in [-0.25, -0.2) is 0 Å². The highest BCUT2D eigenvalue weighted by molar-refractivity contribution is 5.80. The molecular weight excluding hydrogens is 230 g/mol. The third kappa shape index (κ3) is 3.24. The maximum atomic E-state index is 11.9. The van der Waals surface area contributed by atoms with Gasteiger partial charge in [0, 0.05) is 12.5 Å². The smallest absolute Gasteiger partial charge is 0.306 e. The molecule has 2 aliphatic carbocycles. The number of amides is 1. The number of carboxylic acid groups (broad SMARTS) is 1. The molecule has 4 atom stereocenters. The third-order valence-electron chi connectivity index (χ3n) is 4.52. The summed E-state index contributed by atoms with van der Waals surface area (Å²) in [6, 6.07) is 0. The van der Waals surface area contributed by atoms with Gasteiger partial charge in [0.2, 0.25) is 5.91 Å². The molecule has 2 rings (SSSR count). The maximum Gasteiger partial charge on any atom is 0.306 e. The molecule has 2 aliphatic rings. The molecule has 0 spiro atoms. The monoisotopic (exact) mass is 253 g/mol. The van der Waals surface area contributed by atoms with Crippen LogP contribution in [-0.4, -0.2) is 23.5 Å². The molecule has 1 amide bonds. The van der Waals surface area contributed by atoms with Gasteiger partial charge in [0.15, 0.2) is 0 Å². The van der Waals surface area contributed by atoms with Crippen LogP contribution in [0.15, 0.2) is 0 Å². The molecule has 2 N–H and O–H groups in total. The second kappa shape index (κ2) is 5.72. The Labute approximate surface area is 108 Å². The van der Waals surface area contributed by atoms with Crippen LogP contribution in [-0.2, 0) is 9.59 Å². The molecule has 0 radical (unpaired) electrons. The number of carboxylic acids is 1. The van der Waals surface area contributed by atoms with Gasteiger partial charge in [-0.05, 0) is 43.9 Å². The molecule has 0 aromatic carbocycles. The van der Waals surface area contributed by atoms with Gasteiger partial charge in [-0.2, -0.15) is 0 Å². The number of rotatable bonds is 4. The van der Waals surface area contributed by atoms with E-state index < -0.39 is 5.97 Å². The summed E-state index contributed by atoms with van der Waals surface area (Å²) in [6.07, 6.45) is 5.58. The van der Waals surface area contributed by atoms with Crippen molar-refractivity contribution in [3.05, 3.63) is 0 Å². The van der Waals surface area contributed by atoms with Crippen LogP contribution in [0.1, 0.15) is 45.4 Å². The molecule has 0 aromatic heterocycles. The topological polar surface area (TPSA) is 66.4 Å². The molecule has 2 saturated carbocycles. The zero-order valence-electron chi connectivity index (χ0n) is 11.0.